The summed E-state index contributed by atoms with van der Waals surface area (Å²) in [5.74, 6) is 0.0182. The topological polar surface area (TPSA) is 41.1 Å². The highest BCUT2D eigenvalue weighted by molar-refractivity contribution is 5.89. The van der Waals surface area contributed by atoms with Gasteiger partial charge < -0.3 is 10.6 Å². The lowest BCUT2D eigenvalue weighted by atomic mass is 9.83. The number of hydrogen-bond donors (Lipinski definition) is 2. The van der Waals surface area contributed by atoms with Crippen molar-refractivity contribution in [3.8, 4) is 0 Å². The summed E-state index contributed by atoms with van der Waals surface area (Å²) in [6.45, 7) is 3.60. The standard InChI is InChI=1S/C16H23FN2O/c1-3-12-6-4-5-7-15(12)19-13-8-9-14(17)16(10-13)18-11(2)20/h8-10,12,15,19H,3-7H2,1-2H3,(H,18,20). The van der Waals surface area contributed by atoms with Crippen LogP contribution in [0.1, 0.15) is 46.0 Å². The first-order chi connectivity index (χ1) is 9.60. The summed E-state index contributed by atoms with van der Waals surface area (Å²) in [5, 5.41) is 6.03. The highest BCUT2D eigenvalue weighted by Crippen LogP contribution is 2.30. The average Bonchev–Trinajstić information content (AvgIpc) is 2.42. The second-order valence-electron chi connectivity index (χ2n) is 5.58. The highest BCUT2D eigenvalue weighted by Gasteiger charge is 2.23. The van der Waals surface area contributed by atoms with E-state index >= 15 is 0 Å². The Kier molecular flexibility index (Phi) is 4.99. The molecule has 1 aromatic carbocycles. The Labute approximate surface area is 120 Å². The fourth-order valence-electron chi connectivity index (χ4n) is 3.00. The summed E-state index contributed by atoms with van der Waals surface area (Å²) >= 11 is 0. The molecule has 0 saturated heterocycles. The van der Waals surface area contributed by atoms with Gasteiger partial charge in [0.15, 0.2) is 0 Å². The van der Waals surface area contributed by atoms with Crippen LogP contribution in [0.15, 0.2) is 18.2 Å². The molecule has 1 aliphatic carbocycles. The maximum atomic E-state index is 13.6. The first-order valence-electron chi connectivity index (χ1n) is 7.44. The summed E-state index contributed by atoms with van der Waals surface area (Å²) in [5.41, 5.74) is 1.12. The van der Waals surface area contributed by atoms with Gasteiger partial charge in [0, 0.05) is 18.7 Å². The van der Waals surface area contributed by atoms with Gasteiger partial charge in [-0.05, 0) is 37.0 Å². The van der Waals surface area contributed by atoms with E-state index in [4.69, 9.17) is 0 Å². The van der Waals surface area contributed by atoms with Crippen LogP contribution in [0.5, 0.6) is 0 Å². The van der Waals surface area contributed by atoms with Crippen molar-refractivity contribution in [2.75, 3.05) is 10.6 Å². The van der Waals surface area contributed by atoms with Crippen LogP contribution in [0.3, 0.4) is 0 Å². The quantitative estimate of drug-likeness (QED) is 0.868. The van der Waals surface area contributed by atoms with E-state index in [1.165, 1.54) is 32.3 Å². The molecule has 2 rings (SSSR count). The van der Waals surface area contributed by atoms with Gasteiger partial charge in [0.25, 0.3) is 0 Å². The molecule has 0 radical (unpaired) electrons. The molecule has 1 amide bonds. The van der Waals surface area contributed by atoms with Crippen LogP contribution in [0, 0.1) is 11.7 Å². The third-order valence-corrected chi connectivity index (χ3v) is 4.06. The minimum Gasteiger partial charge on any atom is -0.382 e. The first-order valence-corrected chi connectivity index (χ1v) is 7.44. The number of carbonyl (C=O) groups is 1. The average molecular weight is 278 g/mol. The van der Waals surface area contributed by atoms with Gasteiger partial charge in [-0.25, -0.2) is 4.39 Å². The lowest BCUT2D eigenvalue weighted by Crippen LogP contribution is -2.31. The van der Waals surface area contributed by atoms with Crippen molar-refractivity contribution in [1.29, 1.82) is 0 Å². The highest BCUT2D eigenvalue weighted by atomic mass is 19.1. The number of benzene rings is 1. The number of halogens is 1. The van der Waals surface area contributed by atoms with Gasteiger partial charge in [-0.3, -0.25) is 4.79 Å². The van der Waals surface area contributed by atoms with E-state index in [0.717, 1.165) is 18.5 Å². The Balaban J connectivity index is 2.10. The summed E-state index contributed by atoms with van der Waals surface area (Å²) in [6.07, 6.45) is 6.13. The minimum absolute atomic E-state index is 0.242. The summed E-state index contributed by atoms with van der Waals surface area (Å²) < 4.78 is 13.6. The van der Waals surface area contributed by atoms with Crippen molar-refractivity contribution in [2.24, 2.45) is 5.92 Å². The van der Waals surface area contributed by atoms with Crippen molar-refractivity contribution in [3.63, 3.8) is 0 Å². The fraction of sp³-hybridized carbons (Fsp3) is 0.562. The van der Waals surface area contributed by atoms with Crippen molar-refractivity contribution >= 4 is 17.3 Å². The third-order valence-electron chi connectivity index (χ3n) is 4.06. The molecule has 2 atom stereocenters. The Bertz CT molecular complexity index is 476. The molecule has 0 aromatic heterocycles. The maximum absolute atomic E-state index is 13.6. The zero-order valence-electron chi connectivity index (χ0n) is 12.2. The molecule has 3 nitrogen and oxygen atoms in total. The molecule has 0 heterocycles. The molecule has 0 spiro atoms. The Hall–Kier alpha value is -1.58. The summed E-state index contributed by atoms with van der Waals surface area (Å²) in [7, 11) is 0. The lowest BCUT2D eigenvalue weighted by molar-refractivity contribution is -0.114. The SMILES string of the molecule is CCC1CCCCC1Nc1ccc(F)c(NC(C)=O)c1. The number of hydrogen-bond acceptors (Lipinski definition) is 2. The Morgan fingerprint density at radius 3 is 2.80 bits per heavy atom. The van der Waals surface area contributed by atoms with E-state index in [9.17, 15) is 9.18 Å². The van der Waals surface area contributed by atoms with Gasteiger partial charge in [-0.1, -0.05) is 26.2 Å². The molecule has 1 saturated carbocycles. The van der Waals surface area contributed by atoms with Crippen LogP contribution in [-0.4, -0.2) is 11.9 Å². The normalized spacial score (nSPS) is 22.4. The van der Waals surface area contributed by atoms with Crippen LogP contribution in [0.2, 0.25) is 0 Å². The molecular formula is C16H23FN2O. The summed E-state index contributed by atoms with van der Waals surface area (Å²) in [6, 6.07) is 5.27. The van der Waals surface area contributed by atoms with Gasteiger partial charge in [-0.2, -0.15) is 0 Å². The smallest absolute Gasteiger partial charge is 0.221 e. The number of amides is 1. The van der Waals surface area contributed by atoms with E-state index in [0.29, 0.717) is 12.0 Å². The number of carbonyl (C=O) groups excluding carboxylic acids is 1. The molecule has 20 heavy (non-hydrogen) atoms. The molecule has 2 N–H and O–H groups in total. The fourth-order valence-corrected chi connectivity index (χ4v) is 3.00. The molecule has 1 aliphatic rings. The van der Waals surface area contributed by atoms with Gasteiger partial charge in [-0.15, -0.1) is 0 Å². The molecule has 1 aromatic rings. The van der Waals surface area contributed by atoms with Gasteiger partial charge >= 0.3 is 0 Å². The number of rotatable bonds is 4. The lowest BCUT2D eigenvalue weighted by Gasteiger charge is -2.32. The molecular weight excluding hydrogens is 255 g/mol. The van der Waals surface area contributed by atoms with Crippen molar-refractivity contribution in [3.05, 3.63) is 24.0 Å². The second-order valence-corrected chi connectivity index (χ2v) is 5.58. The maximum Gasteiger partial charge on any atom is 0.221 e. The van der Waals surface area contributed by atoms with Crippen molar-refractivity contribution in [2.45, 2.75) is 52.0 Å². The van der Waals surface area contributed by atoms with E-state index in [-0.39, 0.29) is 11.6 Å². The van der Waals surface area contributed by atoms with E-state index in [1.807, 2.05) is 0 Å². The van der Waals surface area contributed by atoms with Crippen LogP contribution >= 0.6 is 0 Å². The van der Waals surface area contributed by atoms with Crippen LogP contribution in [0.25, 0.3) is 0 Å². The summed E-state index contributed by atoms with van der Waals surface area (Å²) in [4.78, 5) is 11.1. The Morgan fingerprint density at radius 1 is 1.35 bits per heavy atom. The monoisotopic (exact) mass is 278 g/mol. The van der Waals surface area contributed by atoms with Gasteiger partial charge in [0.05, 0.1) is 5.69 Å². The molecule has 4 heteroatoms. The molecule has 110 valence electrons. The predicted molar refractivity (Wildman–Crippen MR) is 80.4 cm³/mol. The van der Waals surface area contributed by atoms with Crippen molar-refractivity contribution in [1.82, 2.24) is 0 Å². The molecule has 0 aliphatic heterocycles. The van der Waals surface area contributed by atoms with Crippen LogP contribution in [-0.2, 0) is 4.79 Å². The van der Waals surface area contributed by atoms with Gasteiger partial charge in [0.2, 0.25) is 5.91 Å². The number of anilines is 2. The van der Waals surface area contributed by atoms with Crippen LogP contribution in [0.4, 0.5) is 15.8 Å². The molecule has 2 unspecified atom stereocenters. The first kappa shape index (κ1) is 14.8. The second kappa shape index (κ2) is 6.73. The Morgan fingerprint density at radius 2 is 2.10 bits per heavy atom. The van der Waals surface area contributed by atoms with Gasteiger partial charge in [0.1, 0.15) is 5.82 Å². The van der Waals surface area contributed by atoms with E-state index in [2.05, 4.69) is 17.6 Å². The third kappa shape index (κ3) is 3.71. The van der Waals surface area contributed by atoms with E-state index < -0.39 is 5.82 Å². The number of nitrogens with one attached hydrogen (secondary N) is 2. The zero-order chi connectivity index (χ0) is 14.5. The molecule has 1 fully saturated rings. The zero-order valence-corrected chi connectivity index (χ0v) is 12.2. The molecule has 0 bridgehead atoms. The predicted octanol–water partition coefficient (Wildman–Crippen LogP) is 4.16. The van der Waals surface area contributed by atoms with E-state index in [1.54, 1.807) is 12.1 Å². The minimum atomic E-state index is -0.401. The van der Waals surface area contributed by atoms with Crippen molar-refractivity contribution < 1.29 is 9.18 Å². The van der Waals surface area contributed by atoms with Crippen LogP contribution < -0.4 is 10.6 Å². The largest absolute Gasteiger partial charge is 0.382 e.